The van der Waals surface area contributed by atoms with Gasteiger partial charge in [-0.1, -0.05) is 18.2 Å². The molecule has 0 radical (unpaired) electrons. The van der Waals surface area contributed by atoms with Gasteiger partial charge >= 0.3 is 0 Å². The van der Waals surface area contributed by atoms with Crippen molar-refractivity contribution in [3.63, 3.8) is 0 Å². The molecule has 0 saturated carbocycles. The Balaban J connectivity index is 2.23. The van der Waals surface area contributed by atoms with Crippen molar-refractivity contribution in [1.82, 2.24) is 4.98 Å². The zero-order valence-corrected chi connectivity index (χ0v) is 9.13. The van der Waals surface area contributed by atoms with Crippen molar-refractivity contribution >= 4 is 10.9 Å². The Morgan fingerprint density at radius 1 is 1.06 bits per heavy atom. The molecule has 0 saturated heterocycles. The first-order valence-corrected chi connectivity index (χ1v) is 5.42. The van der Waals surface area contributed by atoms with Crippen molar-refractivity contribution in [2.24, 2.45) is 0 Å². The summed E-state index contributed by atoms with van der Waals surface area (Å²) in [5, 5.41) is 10.1. The number of benzene rings is 1. The summed E-state index contributed by atoms with van der Waals surface area (Å²) in [6.07, 6.45) is 1.77. The monoisotopic (exact) mass is 225 g/mol. The van der Waals surface area contributed by atoms with E-state index in [1.54, 1.807) is 12.3 Å². The fourth-order valence-corrected chi connectivity index (χ4v) is 1.93. The van der Waals surface area contributed by atoms with Crippen LogP contribution in [-0.4, -0.2) is 10.1 Å². The third-order valence-electron chi connectivity index (χ3n) is 2.73. The zero-order valence-electron chi connectivity index (χ0n) is 9.13. The lowest BCUT2D eigenvalue weighted by Gasteiger charge is -2.02. The number of hydrogen-bond acceptors (Lipinski definition) is 3. The van der Waals surface area contributed by atoms with Crippen molar-refractivity contribution in [2.75, 3.05) is 0 Å². The van der Waals surface area contributed by atoms with Crippen molar-refractivity contribution in [3.05, 3.63) is 54.4 Å². The number of hydrogen-bond donors (Lipinski definition) is 1. The smallest absolute Gasteiger partial charge is 0.135 e. The van der Waals surface area contributed by atoms with Gasteiger partial charge in [0.15, 0.2) is 0 Å². The Hall–Kier alpha value is -2.13. The fourth-order valence-electron chi connectivity index (χ4n) is 1.93. The molecule has 3 heteroatoms. The summed E-state index contributed by atoms with van der Waals surface area (Å²) in [5.74, 6) is 1.33. The Kier molecular flexibility index (Phi) is 2.38. The molecule has 0 spiro atoms. The lowest BCUT2D eigenvalue weighted by atomic mass is 10.1. The van der Waals surface area contributed by atoms with Crippen LogP contribution in [0.15, 0.2) is 53.1 Å². The molecule has 0 atom stereocenters. The van der Waals surface area contributed by atoms with Gasteiger partial charge in [-0.2, -0.15) is 0 Å². The molecule has 3 aromatic rings. The first-order chi connectivity index (χ1) is 8.38. The SMILES string of the molecule is OCc1ccc(-c2cccc3ncccc23)o1. The van der Waals surface area contributed by atoms with Crippen molar-refractivity contribution in [1.29, 1.82) is 0 Å². The van der Waals surface area contributed by atoms with E-state index in [1.807, 2.05) is 36.4 Å². The molecule has 0 bridgehead atoms. The van der Waals surface area contributed by atoms with Gasteiger partial charge in [-0.05, 0) is 24.3 Å². The van der Waals surface area contributed by atoms with Crippen LogP contribution in [0.4, 0.5) is 0 Å². The Morgan fingerprint density at radius 3 is 2.82 bits per heavy atom. The number of aliphatic hydroxyl groups excluding tert-OH is 1. The molecule has 84 valence electrons. The zero-order chi connectivity index (χ0) is 11.7. The minimum atomic E-state index is -0.0803. The molecule has 0 aliphatic heterocycles. The van der Waals surface area contributed by atoms with Gasteiger partial charge in [0.25, 0.3) is 0 Å². The second-order valence-electron chi connectivity index (χ2n) is 3.80. The molecular weight excluding hydrogens is 214 g/mol. The maximum atomic E-state index is 9.01. The average molecular weight is 225 g/mol. The number of furan rings is 1. The van der Waals surface area contributed by atoms with E-state index in [0.717, 1.165) is 22.2 Å². The highest BCUT2D eigenvalue weighted by atomic mass is 16.4. The molecular formula is C14H11NO2. The summed E-state index contributed by atoms with van der Waals surface area (Å²) in [5.41, 5.74) is 1.93. The van der Waals surface area contributed by atoms with Crippen LogP contribution in [0.2, 0.25) is 0 Å². The minimum Gasteiger partial charge on any atom is -0.459 e. The minimum absolute atomic E-state index is 0.0803. The van der Waals surface area contributed by atoms with Gasteiger partial charge in [-0.3, -0.25) is 4.98 Å². The Morgan fingerprint density at radius 2 is 2.00 bits per heavy atom. The second-order valence-corrected chi connectivity index (χ2v) is 3.80. The van der Waals surface area contributed by atoms with E-state index in [9.17, 15) is 0 Å². The lowest BCUT2D eigenvalue weighted by molar-refractivity contribution is 0.248. The van der Waals surface area contributed by atoms with E-state index in [4.69, 9.17) is 9.52 Å². The van der Waals surface area contributed by atoms with E-state index >= 15 is 0 Å². The molecule has 17 heavy (non-hydrogen) atoms. The number of nitrogens with zero attached hydrogens (tertiary/aromatic N) is 1. The topological polar surface area (TPSA) is 46.3 Å². The lowest BCUT2D eigenvalue weighted by Crippen LogP contribution is -1.81. The Labute approximate surface area is 98.3 Å². The fraction of sp³-hybridized carbons (Fsp3) is 0.0714. The van der Waals surface area contributed by atoms with Crippen LogP contribution in [0.1, 0.15) is 5.76 Å². The molecule has 0 fully saturated rings. The van der Waals surface area contributed by atoms with Gasteiger partial charge in [0.2, 0.25) is 0 Å². The average Bonchev–Trinajstić information content (AvgIpc) is 2.87. The van der Waals surface area contributed by atoms with Crippen LogP contribution >= 0.6 is 0 Å². The van der Waals surface area contributed by atoms with E-state index in [0.29, 0.717) is 5.76 Å². The molecule has 0 aliphatic carbocycles. The highest BCUT2D eigenvalue weighted by Crippen LogP contribution is 2.28. The third-order valence-corrected chi connectivity index (χ3v) is 2.73. The summed E-state index contributed by atoms with van der Waals surface area (Å²) in [7, 11) is 0. The molecule has 0 amide bonds. The van der Waals surface area contributed by atoms with Gasteiger partial charge in [0.1, 0.15) is 18.1 Å². The first kappa shape index (κ1) is 10.1. The van der Waals surface area contributed by atoms with Crippen molar-refractivity contribution in [2.45, 2.75) is 6.61 Å². The quantitative estimate of drug-likeness (QED) is 0.729. The van der Waals surface area contributed by atoms with Crippen LogP contribution in [0.3, 0.4) is 0 Å². The van der Waals surface area contributed by atoms with Gasteiger partial charge in [-0.25, -0.2) is 0 Å². The van der Waals surface area contributed by atoms with E-state index in [-0.39, 0.29) is 6.61 Å². The molecule has 3 rings (SSSR count). The number of fused-ring (bicyclic) bond motifs is 1. The molecule has 3 nitrogen and oxygen atoms in total. The first-order valence-electron chi connectivity index (χ1n) is 5.42. The van der Waals surface area contributed by atoms with E-state index < -0.39 is 0 Å². The molecule has 1 N–H and O–H groups in total. The highest BCUT2D eigenvalue weighted by Gasteiger charge is 2.07. The van der Waals surface area contributed by atoms with Gasteiger partial charge < -0.3 is 9.52 Å². The normalized spacial score (nSPS) is 10.9. The molecule has 1 aromatic carbocycles. The van der Waals surface area contributed by atoms with Gasteiger partial charge in [-0.15, -0.1) is 0 Å². The van der Waals surface area contributed by atoms with Gasteiger partial charge in [0, 0.05) is 17.1 Å². The number of aromatic nitrogens is 1. The molecule has 0 unspecified atom stereocenters. The van der Waals surface area contributed by atoms with Crippen LogP contribution < -0.4 is 0 Å². The molecule has 0 aliphatic rings. The summed E-state index contributed by atoms with van der Waals surface area (Å²) in [4.78, 5) is 4.30. The van der Waals surface area contributed by atoms with Crippen molar-refractivity contribution < 1.29 is 9.52 Å². The summed E-state index contributed by atoms with van der Waals surface area (Å²) < 4.78 is 5.55. The Bertz CT molecular complexity index is 653. The van der Waals surface area contributed by atoms with Gasteiger partial charge in [0.05, 0.1) is 5.52 Å². The number of aliphatic hydroxyl groups is 1. The largest absolute Gasteiger partial charge is 0.459 e. The standard InChI is InChI=1S/C14H11NO2/c16-9-10-6-7-14(17-10)12-3-1-5-13-11(12)4-2-8-15-13/h1-8,16H,9H2. The highest BCUT2D eigenvalue weighted by molar-refractivity contribution is 5.93. The van der Waals surface area contributed by atoms with Crippen LogP contribution in [0.5, 0.6) is 0 Å². The third kappa shape index (κ3) is 1.70. The molecule has 2 aromatic heterocycles. The van der Waals surface area contributed by atoms with Crippen LogP contribution in [-0.2, 0) is 6.61 Å². The predicted octanol–water partition coefficient (Wildman–Crippen LogP) is 2.99. The molecule has 2 heterocycles. The van der Waals surface area contributed by atoms with E-state index in [2.05, 4.69) is 4.98 Å². The van der Waals surface area contributed by atoms with Crippen LogP contribution in [0, 0.1) is 0 Å². The maximum Gasteiger partial charge on any atom is 0.135 e. The van der Waals surface area contributed by atoms with Crippen molar-refractivity contribution in [3.8, 4) is 11.3 Å². The van der Waals surface area contributed by atoms with Crippen LogP contribution in [0.25, 0.3) is 22.2 Å². The maximum absolute atomic E-state index is 9.01. The van der Waals surface area contributed by atoms with E-state index in [1.165, 1.54) is 0 Å². The summed E-state index contributed by atoms with van der Waals surface area (Å²) in [6, 6.07) is 13.5. The summed E-state index contributed by atoms with van der Waals surface area (Å²) >= 11 is 0. The summed E-state index contributed by atoms with van der Waals surface area (Å²) in [6.45, 7) is -0.0803. The number of pyridine rings is 1. The predicted molar refractivity (Wildman–Crippen MR) is 65.4 cm³/mol. The number of rotatable bonds is 2. The second kappa shape index (κ2) is 4.03.